The second-order valence-electron chi connectivity index (χ2n) is 4.76. The van der Waals surface area contributed by atoms with Crippen molar-refractivity contribution in [2.75, 3.05) is 0 Å². The standard InChI is InChI=1S/C11H15N3O3S/c1-6(8-13-7(5-18-8)9(15)16)12-10(17)14-11(2)3-4-11/h5-6H,3-4H2,1-2H3,(H,15,16)(H2,12,14,17). The average molecular weight is 269 g/mol. The molecule has 1 heterocycles. The minimum Gasteiger partial charge on any atom is -0.476 e. The average Bonchev–Trinajstić information content (AvgIpc) is 2.83. The van der Waals surface area contributed by atoms with E-state index in [1.165, 1.54) is 16.7 Å². The highest BCUT2D eigenvalue weighted by atomic mass is 32.1. The number of thiazole rings is 1. The zero-order valence-corrected chi connectivity index (χ0v) is 11.0. The third-order valence-electron chi connectivity index (χ3n) is 2.87. The Bertz CT molecular complexity index is 482. The molecule has 1 unspecified atom stereocenters. The van der Waals surface area contributed by atoms with Crippen LogP contribution in [-0.4, -0.2) is 27.6 Å². The van der Waals surface area contributed by atoms with E-state index in [-0.39, 0.29) is 23.3 Å². The number of rotatable bonds is 4. The predicted octanol–water partition coefficient (Wildman–Crippen LogP) is 1.75. The summed E-state index contributed by atoms with van der Waals surface area (Å²) in [5.41, 5.74) is -0.0583. The van der Waals surface area contributed by atoms with Crippen LogP contribution in [0.5, 0.6) is 0 Å². The third-order valence-corrected chi connectivity index (χ3v) is 3.90. The molecule has 1 aromatic rings. The molecule has 0 saturated heterocycles. The summed E-state index contributed by atoms with van der Waals surface area (Å²) in [6.07, 6.45) is 1.99. The summed E-state index contributed by atoms with van der Waals surface area (Å²) in [6, 6.07) is -0.542. The Morgan fingerprint density at radius 1 is 1.56 bits per heavy atom. The minimum absolute atomic E-state index is 0.0122. The number of urea groups is 1. The Labute approximate surface area is 108 Å². The van der Waals surface area contributed by atoms with Crippen LogP contribution >= 0.6 is 11.3 Å². The van der Waals surface area contributed by atoms with Crippen molar-refractivity contribution in [2.45, 2.75) is 38.3 Å². The third kappa shape index (κ3) is 2.98. The number of nitrogens with zero attached hydrogens (tertiary/aromatic N) is 1. The number of aromatic nitrogens is 1. The number of amides is 2. The molecule has 7 heteroatoms. The van der Waals surface area contributed by atoms with E-state index >= 15 is 0 Å². The monoisotopic (exact) mass is 269 g/mol. The Hall–Kier alpha value is -1.63. The maximum absolute atomic E-state index is 11.7. The van der Waals surface area contributed by atoms with Gasteiger partial charge in [-0.05, 0) is 26.7 Å². The first-order valence-corrected chi connectivity index (χ1v) is 6.55. The lowest BCUT2D eigenvalue weighted by Gasteiger charge is -2.15. The van der Waals surface area contributed by atoms with Crippen molar-refractivity contribution in [3.05, 3.63) is 16.1 Å². The first-order valence-electron chi connectivity index (χ1n) is 5.67. The fourth-order valence-electron chi connectivity index (χ4n) is 1.47. The first kappa shape index (κ1) is 12.8. The Morgan fingerprint density at radius 3 is 2.72 bits per heavy atom. The second kappa shape index (κ2) is 4.56. The summed E-state index contributed by atoms with van der Waals surface area (Å²) in [4.78, 5) is 26.3. The van der Waals surface area contributed by atoms with Crippen LogP contribution in [0.4, 0.5) is 4.79 Å². The van der Waals surface area contributed by atoms with E-state index in [9.17, 15) is 9.59 Å². The SMILES string of the molecule is CC(NC(=O)NC1(C)CC1)c1nc(C(=O)O)cs1. The molecule has 2 amide bonds. The van der Waals surface area contributed by atoms with Crippen molar-refractivity contribution < 1.29 is 14.7 Å². The molecule has 1 aliphatic carbocycles. The predicted molar refractivity (Wildman–Crippen MR) is 66.8 cm³/mol. The van der Waals surface area contributed by atoms with Crippen LogP contribution in [0.25, 0.3) is 0 Å². The molecule has 3 N–H and O–H groups in total. The lowest BCUT2D eigenvalue weighted by Crippen LogP contribution is -2.42. The fraction of sp³-hybridized carbons (Fsp3) is 0.545. The highest BCUT2D eigenvalue weighted by molar-refractivity contribution is 7.09. The lowest BCUT2D eigenvalue weighted by molar-refractivity contribution is 0.0691. The van der Waals surface area contributed by atoms with Gasteiger partial charge in [0.1, 0.15) is 5.01 Å². The van der Waals surface area contributed by atoms with E-state index in [0.717, 1.165) is 12.8 Å². The van der Waals surface area contributed by atoms with Gasteiger partial charge in [-0.3, -0.25) is 0 Å². The smallest absolute Gasteiger partial charge is 0.355 e. The molecule has 1 fully saturated rings. The molecular weight excluding hydrogens is 254 g/mol. The summed E-state index contributed by atoms with van der Waals surface area (Å²) in [7, 11) is 0. The van der Waals surface area contributed by atoms with E-state index in [1.54, 1.807) is 6.92 Å². The Morgan fingerprint density at radius 2 is 2.22 bits per heavy atom. The topological polar surface area (TPSA) is 91.3 Å². The highest BCUT2D eigenvalue weighted by Crippen LogP contribution is 2.34. The van der Waals surface area contributed by atoms with Crippen LogP contribution in [0.1, 0.15) is 48.2 Å². The van der Waals surface area contributed by atoms with Gasteiger partial charge in [0.25, 0.3) is 0 Å². The number of hydrogen-bond acceptors (Lipinski definition) is 4. The van der Waals surface area contributed by atoms with Crippen LogP contribution in [0.2, 0.25) is 0 Å². The van der Waals surface area contributed by atoms with Crippen molar-refractivity contribution in [2.24, 2.45) is 0 Å². The molecule has 1 aromatic heterocycles. The van der Waals surface area contributed by atoms with Crippen LogP contribution in [0, 0.1) is 0 Å². The van der Waals surface area contributed by atoms with Crippen molar-refractivity contribution in [3.8, 4) is 0 Å². The quantitative estimate of drug-likeness (QED) is 0.776. The van der Waals surface area contributed by atoms with Gasteiger partial charge in [-0.2, -0.15) is 0 Å². The summed E-state index contributed by atoms with van der Waals surface area (Å²) in [5.74, 6) is -1.06. The minimum atomic E-state index is -1.06. The number of carbonyl (C=O) groups is 2. The summed E-state index contributed by atoms with van der Waals surface area (Å²) >= 11 is 1.23. The molecule has 2 rings (SSSR count). The molecule has 0 aromatic carbocycles. The number of hydrogen-bond donors (Lipinski definition) is 3. The van der Waals surface area contributed by atoms with E-state index in [0.29, 0.717) is 5.01 Å². The summed E-state index contributed by atoms with van der Waals surface area (Å²) in [5, 5.41) is 16.4. The van der Waals surface area contributed by atoms with Gasteiger partial charge in [-0.1, -0.05) is 0 Å². The van der Waals surface area contributed by atoms with Crippen LogP contribution in [-0.2, 0) is 0 Å². The zero-order chi connectivity index (χ0) is 13.3. The molecule has 1 atom stereocenters. The van der Waals surface area contributed by atoms with Gasteiger partial charge in [-0.15, -0.1) is 11.3 Å². The van der Waals surface area contributed by atoms with E-state index in [4.69, 9.17) is 5.11 Å². The van der Waals surface area contributed by atoms with Gasteiger partial charge in [0.2, 0.25) is 0 Å². The van der Waals surface area contributed by atoms with Gasteiger partial charge in [0.05, 0.1) is 6.04 Å². The summed E-state index contributed by atoms with van der Waals surface area (Å²) < 4.78 is 0. The van der Waals surface area contributed by atoms with Crippen molar-refractivity contribution in [1.82, 2.24) is 15.6 Å². The first-order chi connectivity index (χ1) is 8.39. The molecule has 98 valence electrons. The van der Waals surface area contributed by atoms with E-state index in [1.807, 2.05) is 6.92 Å². The highest BCUT2D eigenvalue weighted by Gasteiger charge is 2.38. The molecular formula is C11H15N3O3S. The molecule has 0 bridgehead atoms. The normalized spacial score (nSPS) is 17.9. The van der Waals surface area contributed by atoms with Gasteiger partial charge in [0.15, 0.2) is 5.69 Å². The van der Waals surface area contributed by atoms with Crippen molar-refractivity contribution in [3.63, 3.8) is 0 Å². The van der Waals surface area contributed by atoms with E-state index < -0.39 is 5.97 Å². The van der Waals surface area contributed by atoms with Gasteiger partial charge in [0, 0.05) is 10.9 Å². The number of aromatic carboxylic acids is 1. The molecule has 0 radical (unpaired) electrons. The summed E-state index contributed by atoms with van der Waals surface area (Å²) in [6.45, 7) is 3.77. The largest absolute Gasteiger partial charge is 0.476 e. The molecule has 1 saturated carbocycles. The van der Waals surface area contributed by atoms with Crippen LogP contribution in [0.15, 0.2) is 5.38 Å². The molecule has 0 aliphatic heterocycles. The maximum Gasteiger partial charge on any atom is 0.355 e. The maximum atomic E-state index is 11.7. The van der Waals surface area contributed by atoms with Crippen molar-refractivity contribution >= 4 is 23.3 Å². The fourth-order valence-corrected chi connectivity index (χ4v) is 2.27. The van der Waals surface area contributed by atoms with E-state index in [2.05, 4.69) is 15.6 Å². The number of carbonyl (C=O) groups excluding carboxylic acids is 1. The molecule has 0 spiro atoms. The van der Waals surface area contributed by atoms with Gasteiger partial charge in [-0.25, -0.2) is 14.6 Å². The second-order valence-corrected chi connectivity index (χ2v) is 5.65. The lowest BCUT2D eigenvalue weighted by atomic mass is 10.3. The van der Waals surface area contributed by atoms with Gasteiger partial charge >= 0.3 is 12.0 Å². The molecule has 6 nitrogen and oxygen atoms in total. The number of nitrogens with one attached hydrogen (secondary N) is 2. The zero-order valence-electron chi connectivity index (χ0n) is 10.2. The van der Waals surface area contributed by atoms with Crippen LogP contribution in [0.3, 0.4) is 0 Å². The number of carboxylic acids is 1. The molecule has 18 heavy (non-hydrogen) atoms. The van der Waals surface area contributed by atoms with Crippen molar-refractivity contribution in [1.29, 1.82) is 0 Å². The Balaban J connectivity index is 1.91. The van der Waals surface area contributed by atoms with Gasteiger partial charge < -0.3 is 15.7 Å². The van der Waals surface area contributed by atoms with Crippen LogP contribution < -0.4 is 10.6 Å². The molecule has 1 aliphatic rings. The number of carboxylic acid groups (broad SMARTS) is 1. The Kier molecular flexibility index (Phi) is 3.25.